The predicted molar refractivity (Wildman–Crippen MR) is 111 cm³/mol. The largest absolute Gasteiger partial charge is 0.346 e. The van der Waals surface area contributed by atoms with Crippen molar-refractivity contribution >= 4 is 29.3 Å². The van der Waals surface area contributed by atoms with Crippen molar-refractivity contribution in [2.24, 2.45) is 0 Å². The second kappa shape index (κ2) is 8.77. The lowest BCUT2D eigenvalue weighted by Gasteiger charge is -2.13. The van der Waals surface area contributed by atoms with Crippen LogP contribution in [-0.2, 0) is 16.1 Å². The molecule has 2 amide bonds. The molecule has 8 heteroatoms. The van der Waals surface area contributed by atoms with E-state index in [1.54, 1.807) is 0 Å². The van der Waals surface area contributed by atoms with Gasteiger partial charge in [0.05, 0.1) is 12.3 Å². The van der Waals surface area contributed by atoms with Crippen LogP contribution in [0.4, 0.5) is 5.69 Å². The van der Waals surface area contributed by atoms with Crippen LogP contribution in [0.2, 0.25) is 0 Å². The SMILES string of the molecule is CCn1c(SCC(=O)NCC(=O)Nc2c(C)cc(C)cc2C)nnc1C1CC1. The van der Waals surface area contributed by atoms with Crippen LogP contribution in [0.15, 0.2) is 17.3 Å². The standard InChI is InChI=1S/C20H27N5O2S/c1-5-25-19(15-6-7-15)23-24-20(25)28-11-17(27)21-10-16(26)22-18-13(3)8-12(2)9-14(18)4/h8-9,15H,5-7,10-11H2,1-4H3,(H,21,27)(H,22,26). The number of nitrogens with zero attached hydrogens (tertiary/aromatic N) is 3. The molecule has 1 heterocycles. The Balaban J connectivity index is 1.47. The summed E-state index contributed by atoms with van der Waals surface area (Å²) in [6, 6.07) is 4.05. The molecule has 1 aliphatic rings. The van der Waals surface area contributed by atoms with Crippen LogP contribution in [0.1, 0.15) is 48.2 Å². The van der Waals surface area contributed by atoms with Crippen LogP contribution in [0.3, 0.4) is 0 Å². The van der Waals surface area contributed by atoms with E-state index in [9.17, 15) is 9.59 Å². The number of rotatable bonds is 8. The molecule has 1 aliphatic carbocycles. The molecular weight excluding hydrogens is 374 g/mol. The van der Waals surface area contributed by atoms with Gasteiger partial charge in [-0.15, -0.1) is 10.2 Å². The lowest BCUT2D eigenvalue weighted by atomic mass is 10.1. The first-order valence-electron chi connectivity index (χ1n) is 9.59. The minimum Gasteiger partial charge on any atom is -0.346 e. The number of aromatic nitrogens is 3. The summed E-state index contributed by atoms with van der Waals surface area (Å²) in [4.78, 5) is 24.3. The molecular formula is C20H27N5O2S. The number of hydrogen-bond acceptors (Lipinski definition) is 5. The Hall–Kier alpha value is -2.35. The third-order valence-electron chi connectivity index (χ3n) is 4.72. The van der Waals surface area contributed by atoms with Crippen LogP contribution in [0.25, 0.3) is 0 Å². The molecule has 7 nitrogen and oxygen atoms in total. The highest BCUT2D eigenvalue weighted by molar-refractivity contribution is 7.99. The van der Waals surface area contributed by atoms with Crippen LogP contribution < -0.4 is 10.6 Å². The molecule has 1 fully saturated rings. The van der Waals surface area contributed by atoms with Crippen molar-refractivity contribution in [3.8, 4) is 0 Å². The molecule has 2 aromatic rings. The highest BCUT2D eigenvalue weighted by Gasteiger charge is 2.30. The van der Waals surface area contributed by atoms with Gasteiger partial charge in [0, 0.05) is 18.2 Å². The first-order valence-corrected chi connectivity index (χ1v) is 10.6. The highest BCUT2D eigenvalue weighted by atomic mass is 32.2. The Morgan fingerprint density at radius 1 is 1.14 bits per heavy atom. The molecule has 1 aromatic carbocycles. The van der Waals surface area contributed by atoms with Gasteiger partial charge < -0.3 is 15.2 Å². The molecule has 28 heavy (non-hydrogen) atoms. The number of nitrogens with one attached hydrogen (secondary N) is 2. The number of hydrogen-bond donors (Lipinski definition) is 2. The molecule has 0 spiro atoms. The topological polar surface area (TPSA) is 88.9 Å². The lowest BCUT2D eigenvalue weighted by molar-refractivity contribution is -0.122. The number of aryl methyl sites for hydroxylation is 3. The van der Waals surface area contributed by atoms with Gasteiger partial charge in [0.1, 0.15) is 5.82 Å². The second-order valence-electron chi connectivity index (χ2n) is 7.25. The van der Waals surface area contributed by atoms with E-state index in [1.165, 1.54) is 24.6 Å². The van der Waals surface area contributed by atoms with Gasteiger partial charge >= 0.3 is 0 Å². The third kappa shape index (κ3) is 4.92. The van der Waals surface area contributed by atoms with E-state index in [2.05, 4.69) is 32.3 Å². The summed E-state index contributed by atoms with van der Waals surface area (Å²) in [5, 5.41) is 14.8. The van der Waals surface area contributed by atoms with Crippen molar-refractivity contribution in [2.75, 3.05) is 17.6 Å². The van der Waals surface area contributed by atoms with Gasteiger partial charge in [0.25, 0.3) is 0 Å². The van der Waals surface area contributed by atoms with E-state index in [1.807, 2.05) is 32.9 Å². The maximum absolute atomic E-state index is 12.2. The summed E-state index contributed by atoms with van der Waals surface area (Å²) in [6.07, 6.45) is 2.33. The summed E-state index contributed by atoms with van der Waals surface area (Å²) in [5.41, 5.74) is 3.99. The Morgan fingerprint density at radius 3 is 2.43 bits per heavy atom. The maximum Gasteiger partial charge on any atom is 0.243 e. The van der Waals surface area contributed by atoms with Crippen molar-refractivity contribution in [3.05, 3.63) is 34.6 Å². The summed E-state index contributed by atoms with van der Waals surface area (Å²) < 4.78 is 2.07. The van der Waals surface area contributed by atoms with Gasteiger partial charge in [0.2, 0.25) is 11.8 Å². The minimum absolute atomic E-state index is 0.0556. The van der Waals surface area contributed by atoms with E-state index in [0.29, 0.717) is 5.92 Å². The average Bonchev–Trinajstić information content (AvgIpc) is 3.41. The van der Waals surface area contributed by atoms with Gasteiger partial charge in [-0.2, -0.15) is 0 Å². The van der Waals surface area contributed by atoms with Crippen LogP contribution in [0, 0.1) is 20.8 Å². The number of carbonyl (C=O) groups is 2. The summed E-state index contributed by atoms with van der Waals surface area (Å²) in [7, 11) is 0. The minimum atomic E-state index is -0.235. The number of carbonyl (C=O) groups excluding carboxylic acids is 2. The fourth-order valence-electron chi connectivity index (χ4n) is 3.27. The molecule has 0 aliphatic heterocycles. The van der Waals surface area contributed by atoms with Crippen LogP contribution in [0.5, 0.6) is 0 Å². The van der Waals surface area contributed by atoms with Crippen molar-refractivity contribution in [3.63, 3.8) is 0 Å². The molecule has 0 radical (unpaired) electrons. The maximum atomic E-state index is 12.2. The fraction of sp³-hybridized carbons (Fsp3) is 0.500. The number of amides is 2. The van der Waals surface area contributed by atoms with Gasteiger partial charge in [-0.3, -0.25) is 9.59 Å². The molecule has 3 rings (SSSR count). The Bertz CT molecular complexity index is 866. The van der Waals surface area contributed by atoms with Crippen molar-refractivity contribution in [2.45, 2.75) is 58.2 Å². The van der Waals surface area contributed by atoms with Gasteiger partial charge in [0.15, 0.2) is 5.16 Å². The molecule has 2 N–H and O–H groups in total. The summed E-state index contributed by atoms with van der Waals surface area (Å²) in [6.45, 7) is 8.74. The zero-order valence-electron chi connectivity index (χ0n) is 16.8. The molecule has 0 saturated heterocycles. The zero-order valence-corrected chi connectivity index (χ0v) is 17.7. The first-order chi connectivity index (χ1) is 13.4. The molecule has 0 atom stereocenters. The smallest absolute Gasteiger partial charge is 0.243 e. The normalized spacial score (nSPS) is 13.4. The number of thioether (sulfide) groups is 1. The Labute approximate surface area is 169 Å². The highest BCUT2D eigenvalue weighted by Crippen LogP contribution is 2.39. The first kappa shape index (κ1) is 20.4. The molecule has 0 bridgehead atoms. The molecule has 1 saturated carbocycles. The van der Waals surface area contributed by atoms with Gasteiger partial charge in [-0.1, -0.05) is 29.5 Å². The van der Waals surface area contributed by atoms with E-state index >= 15 is 0 Å². The van der Waals surface area contributed by atoms with Crippen LogP contribution >= 0.6 is 11.8 Å². The molecule has 150 valence electrons. The third-order valence-corrected chi connectivity index (χ3v) is 5.69. The summed E-state index contributed by atoms with van der Waals surface area (Å²) >= 11 is 1.35. The number of anilines is 1. The molecule has 0 unspecified atom stereocenters. The molecule has 1 aromatic heterocycles. The fourth-order valence-corrected chi connectivity index (χ4v) is 4.11. The van der Waals surface area contributed by atoms with Gasteiger partial charge in [-0.05, 0) is 51.7 Å². The van der Waals surface area contributed by atoms with E-state index in [0.717, 1.165) is 39.9 Å². The quantitative estimate of drug-likeness (QED) is 0.664. The van der Waals surface area contributed by atoms with Crippen molar-refractivity contribution in [1.82, 2.24) is 20.1 Å². The lowest BCUT2D eigenvalue weighted by Crippen LogP contribution is -2.34. The monoisotopic (exact) mass is 401 g/mol. The number of benzene rings is 1. The van der Waals surface area contributed by atoms with Crippen molar-refractivity contribution < 1.29 is 9.59 Å². The predicted octanol–water partition coefficient (Wildman–Crippen LogP) is 2.95. The Kier molecular flexibility index (Phi) is 6.39. The average molecular weight is 402 g/mol. The van der Waals surface area contributed by atoms with Gasteiger partial charge in [-0.25, -0.2) is 0 Å². The zero-order chi connectivity index (χ0) is 20.3. The van der Waals surface area contributed by atoms with Crippen molar-refractivity contribution in [1.29, 1.82) is 0 Å². The van der Waals surface area contributed by atoms with E-state index < -0.39 is 0 Å². The van der Waals surface area contributed by atoms with E-state index in [-0.39, 0.29) is 24.1 Å². The Morgan fingerprint density at radius 2 is 1.82 bits per heavy atom. The summed E-state index contributed by atoms with van der Waals surface area (Å²) in [5.74, 6) is 1.32. The van der Waals surface area contributed by atoms with E-state index in [4.69, 9.17) is 0 Å². The van der Waals surface area contributed by atoms with Crippen LogP contribution in [-0.4, -0.2) is 38.9 Å². The second-order valence-corrected chi connectivity index (χ2v) is 8.19.